The summed E-state index contributed by atoms with van der Waals surface area (Å²) in [6.45, 7) is 0. The third-order valence-corrected chi connectivity index (χ3v) is 4.77. The zero-order chi connectivity index (χ0) is 19.7. The summed E-state index contributed by atoms with van der Waals surface area (Å²) in [6.07, 6.45) is 0. The van der Waals surface area contributed by atoms with E-state index in [1.165, 1.54) is 0 Å². The van der Waals surface area contributed by atoms with Crippen molar-refractivity contribution in [1.29, 1.82) is 0 Å². The number of ether oxygens (including phenoxy) is 3. The molecule has 0 bridgehead atoms. The van der Waals surface area contributed by atoms with Crippen LogP contribution in [0.4, 0.5) is 0 Å². The van der Waals surface area contributed by atoms with Gasteiger partial charge in [0.1, 0.15) is 5.52 Å². The Balaban J connectivity index is 1.87. The first-order chi connectivity index (χ1) is 13.6. The molecule has 0 saturated heterocycles. The Bertz CT molecular complexity index is 1110. The second kappa shape index (κ2) is 7.40. The summed E-state index contributed by atoms with van der Waals surface area (Å²) < 4.78 is 18.1. The molecule has 0 saturated carbocycles. The fraction of sp³-hybridized carbons (Fsp3) is 0.143. The maximum absolute atomic E-state index is 6.01. The van der Waals surface area contributed by atoms with Crippen molar-refractivity contribution in [2.24, 2.45) is 0 Å². The van der Waals surface area contributed by atoms with Crippen molar-refractivity contribution < 1.29 is 14.2 Å². The second-order valence-electron chi connectivity index (χ2n) is 6.10. The molecule has 0 fully saturated rings. The molecule has 0 atom stereocenters. The lowest BCUT2D eigenvalue weighted by molar-refractivity contribution is 0.324. The summed E-state index contributed by atoms with van der Waals surface area (Å²) in [4.78, 5) is 0. The first-order valence-corrected chi connectivity index (χ1v) is 8.94. The van der Waals surface area contributed by atoms with E-state index < -0.39 is 0 Å². The lowest BCUT2D eigenvalue weighted by Gasteiger charge is -2.14. The lowest BCUT2D eigenvalue weighted by Crippen LogP contribution is -2.01. The lowest BCUT2D eigenvalue weighted by atomic mass is 10.1. The minimum absolute atomic E-state index is 0.528. The summed E-state index contributed by atoms with van der Waals surface area (Å²) >= 11 is 6.01. The number of aromatic nitrogens is 3. The van der Waals surface area contributed by atoms with Crippen LogP contribution < -0.4 is 14.2 Å². The van der Waals surface area contributed by atoms with Gasteiger partial charge in [0.15, 0.2) is 11.5 Å². The number of benzene rings is 3. The van der Waals surface area contributed by atoms with E-state index in [0.29, 0.717) is 22.3 Å². The summed E-state index contributed by atoms with van der Waals surface area (Å²) in [5, 5.41) is 9.29. The highest BCUT2D eigenvalue weighted by Gasteiger charge is 2.16. The van der Waals surface area contributed by atoms with Crippen LogP contribution >= 0.6 is 11.6 Å². The van der Waals surface area contributed by atoms with E-state index in [1.54, 1.807) is 26.0 Å². The molecule has 7 heteroatoms. The monoisotopic (exact) mass is 395 g/mol. The Morgan fingerprint density at radius 2 is 1.43 bits per heavy atom. The van der Waals surface area contributed by atoms with Crippen LogP contribution in [0.5, 0.6) is 17.2 Å². The molecule has 3 aromatic carbocycles. The number of nitrogens with zero attached hydrogens (tertiary/aromatic N) is 3. The van der Waals surface area contributed by atoms with Crippen LogP contribution in [0.1, 0.15) is 0 Å². The minimum Gasteiger partial charge on any atom is -0.493 e. The Kier molecular flexibility index (Phi) is 4.79. The highest BCUT2D eigenvalue weighted by molar-refractivity contribution is 6.30. The molecule has 0 radical (unpaired) electrons. The van der Waals surface area contributed by atoms with Crippen molar-refractivity contribution in [2.45, 2.75) is 0 Å². The molecule has 0 spiro atoms. The van der Waals surface area contributed by atoms with Gasteiger partial charge in [0.25, 0.3) is 0 Å². The van der Waals surface area contributed by atoms with Gasteiger partial charge in [0.05, 0.1) is 32.5 Å². The number of methoxy groups -OCH3 is 3. The van der Waals surface area contributed by atoms with E-state index in [-0.39, 0.29) is 0 Å². The van der Waals surface area contributed by atoms with Crippen LogP contribution in [0.15, 0.2) is 54.6 Å². The van der Waals surface area contributed by atoms with Crippen molar-refractivity contribution in [3.8, 4) is 34.1 Å². The Hall–Kier alpha value is -3.25. The zero-order valence-corrected chi connectivity index (χ0v) is 16.4. The van der Waals surface area contributed by atoms with Crippen molar-refractivity contribution in [3.05, 3.63) is 59.6 Å². The molecule has 0 aliphatic rings. The van der Waals surface area contributed by atoms with Gasteiger partial charge < -0.3 is 14.2 Å². The molecule has 0 aliphatic carbocycles. The van der Waals surface area contributed by atoms with E-state index in [9.17, 15) is 0 Å². The normalized spacial score (nSPS) is 10.9. The van der Waals surface area contributed by atoms with Crippen LogP contribution in [0.25, 0.3) is 27.8 Å². The van der Waals surface area contributed by atoms with E-state index >= 15 is 0 Å². The number of hydrogen-bond donors (Lipinski definition) is 0. The third kappa shape index (κ3) is 3.12. The van der Waals surface area contributed by atoms with Crippen molar-refractivity contribution in [3.63, 3.8) is 0 Å². The Morgan fingerprint density at radius 1 is 0.786 bits per heavy atom. The van der Waals surface area contributed by atoms with Gasteiger partial charge in [0.2, 0.25) is 5.75 Å². The molecule has 0 amide bonds. The maximum atomic E-state index is 6.01. The predicted octanol–water partition coefficient (Wildman–Crippen LogP) is 4.77. The summed E-state index contributed by atoms with van der Waals surface area (Å²) in [5.74, 6) is 1.63. The number of halogens is 1. The molecule has 4 aromatic rings. The predicted molar refractivity (Wildman–Crippen MR) is 109 cm³/mol. The average molecular weight is 396 g/mol. The first kappa shape index (κ1) is 18.1. The minimum atomic E-state index is 0.528. The van der Waals surface area contributed by atoms with E-state index in [1.807, 2.05) is 54.6 Å². The summed E-state index contributed by atoms with van der Waals surface area (Å²) in [5.41, 5.74) is 4.50. The van der Waals surface area contributed by atoms with Crippen LogP contribution in [0.3, 0.4) is 0 Å². The van der Waals surface area contributed by atoms with Gasteiger partial charge in [-0.05, 0) is 35.4 Å². The molecule has 142 valence electrons. The van der Waals surface area contributed by atoms with Gasteiger partial charge in [-0.25, -0.2) is 4.68 Å². The van der Waals surface area contributed by atoms with Crippen LogP contribution in [-0.2, 0) is 0 Å². The Morgan fingerprint density at radius 3 is 2.04 bits per heavy atom. The SMILES string of the molecule is COc1cc(-n2nnc3ccc(-c4ccc(Cl)cc4)cc32)cc(OC)c1OC. The fourth-order valence-corrected chi connectivity index (χ4v) is 3.25. The van der Waals surface area contributed by atoms with Crippen molar-refractivity contribution >= 4 is 22.6 Å². The molecule has 1 heterocycles. The molecule has 0 aliphatic heterocycles. The number of rotatable bonds is 5. The quantitative estimate of drug-likeness (QED) is 0.487. The van der Waals surface area contributed by atoms with Crippen molar-refractivity contribution in [1.82, 2.24) is 15.0 Å². The summed E-state index contributed by atoms with van der Waals surface area (Å²) in [7, 11) is 4.74. The third-order valence-electron chi connectivity index (χ3n) is 4.52. The van der Waals surface area contributed by atoms with E-state index in [0.717, 1.165) is 27.8 Å². The number of fused-ring (bicyclic) bond motifs is 1. The van der Waals surface area contributed by atoms with Gasteiger partial charge in [-0.2, -0.15) is 0 Å². The summed E-state index contributed by atoms with van der Waals surface area (Å²) in [6, 6.07) is 17.4. The van der Waals surface area contributed by atoms with Gasteiger partial charge in [-0.1, -0.05) is 35.0 Å². The van der Waals surface area contributed by atoms with Gasteiger partial charge in [-0.3, -0.25) is 0 Å². The van der Waals surface area contributed by atoms with E-state index in [4.69, 9.17) is 25.8 Å². The standard InChI is InChI=1S/C21H18ClN3O3/c1-26-19-11-16(12-20(27-2)21(19)28-3)25-18-10-14(6-9-17(18)23-24-25)13-4-7-15(22)8-5-13/h4-12H,1-3H3. The zero-order valence-electron chi connectivity index (χ0n) is 15.6. The van der Waals surface area contributed by atoms with Crippen molar-refractivity contribution in [2.75, 3.05) is 21.3 Å². The Labute approximate surface area is 167 Å². The van der Waals surface area contributed by atoms with Gasteiger partial charge in [-0.15, -0.1) is 5.10 Å². The van der Waals surface area contributed by atoms with Crippen LogP contribution in [0.2, 0.25) is 5.02 Å². The maximum Gasteiger partial charge on any atom is 0.203 e. The number of hydrogen-bond acceptors (Lipinski definition) is 5. The molecule has 0 N–H and O–H groups in total. The van der Waals surface area contributed by atoms with Crippen LogP contribution in [-0.4, -0.2) is 36.3 Å². The van der Waals surface area contributed by atoms with Crippen LogP contribution in [0, 0.1) is 0 Å². The fourth-order valence-electron chi connectivity index (χ4n) is 3.12. The smallest absolute Gasteiger partial charge is 0.203 e. The highest BCUT2D eigenvalue weighted by atomic mass is 35.5. The largest absolute Gasteiger partial charge is 0.493 e. The van der Waals surface area contributed by atoms with Gasteiger partial charge in [0, 0.05) is 17.2 Å². The second-order valence-corrected chi connectivity index (χ2v) is 6.53. The van der Waals surface area contributed by atoms with E-state index in [2.05, 4.69) is 10.3 Å². The highest BCUT2D eigenvalue weighted by Crippen LogP contribution is 2.39. The molecular weight excluding hydrogens is 378 g/mol. The molecule has 1 aromatic heterocycles. The molecular formula is C21H18ClN3O3. The topological polar surface area (TPSA) is 58.4 Å². The molecule has 28 heavy (non-hydrogen) atoms. The molecule has 0 unspecified atom stereocenters. The first-order valence-electron chi connectivity index (χ1n) is 8.56. The van der Waals surface area contributed by atoms with Gasteiger partial charge >= 0.3 is 0 Å². The molecule has 4 rings (SSSR count). The molecule has 6 nitrogen and oxygen atoms in total. The average Bonchev–Trinajstić information content (AvgIpc) is 3.16.